The van der Waals surface area contributed by atoms with Crippen molar-refractivity contribution in [3.05, 3.63) is 54.1 Å². The number of aromatic nitrogens is 2. The van der Waals surface area contributed by atoms with E-state index in [0.29, 0.717) is 11.9 Å². The van der Waals surface area contributed by atoms with Crippen LogP contribution in [0.4, 0.5) is 5.69 Å². The number of aromatic amines is 1. The van der Waals surface area contributed by atoms with Crippen LogP contribution < -0.4 is 15.0 Å². The fraction of sp³-hybridized carbons (Fsp3) is 0.316. The van der Waals surface area contributed by atoms with Gasteiger partial charge in [-0.2, -0.15) is 0 Å². The first-order valence-corrected chi connectivity index (χ1v) is 8.38. The van der Waals surface area contributed by atoms with Crippen molar-refractivity contribution in [1.82, 2.24) is 15.5 Å². The van der Waals surface area contributed by atoms with Gasteiger partial charge in [-0.1, -0.05) is 30.3 Å². The molecule has 1 fully saturated rings. The number of benzene rings is 2. The largest absolute Gasteiger partial charge is 0.480 e. The van der Waals surface area contributed by atoms with Crippen molar-refractivity contribution < 1.29 is 4.74 Å². The van der Waals surface area contributed by atoms with Gasteiger partial charge in [-0.15, -0.1) is 5.10 Å². The van der Waals surface area contributed by atoms with E-state index < -0.39 is 0 Å². The Morgan fingerprint density at radius 3 is 2.92 bits per heavy atom. The first-order valence-electron chi connectivity index (χ1n) is 8.38. The highest BCUT2D eigenvalue weighted by molar-refractivity contribution is 5.87. The molecule has 0 amide bonds. The van der Waals surface area contributed by atoms with E-state index >= 15 is 0 Å². The molecule has 2 heterocycles. The number of hydrogen-bond acceptors (Lipinski definition) is 4. The second-order valence-electron chi connectivity index (χ2n) is 6.20. The zero-order valence-corrected chi connectivity index (χ0v) is 13.8. The summed E-state index contributed by atoms with van der Waals surface area (Å²) in [7, 11) is 1.65. The molecular formula is C19H22N4O. The summed E-state index contributed by atoms with van der Waals surface area (Å²) in [4.78, 5) is 2.50. The topological polar surface area (TPSA) is 53.2 Å². The Labute approximate surface area is 141 Å². The van der Waals surface area contributed by atoms with Crippen LogP contribution in [0.3, 0.4) is 0 Å². The normalized spacial score (nSPS) is 18.0. The highest BCUT2D eigenvalue weighted by atomic mass is 16.5. The first kappa shape index (κ1) is 15.0. The zero-order chi connectivity index (χ0) is 16.4. The highest BCUT2D eigenvalue weighted by Crippen LogP contribution is 2.28. The Bertz CT molecular complexity index is 815. The van der Waals surface area contributed by atoms with Gasteiger partial charge >= 0.3 is 0 Å². The molecule has 2 N–H and O–H groups in total. The van der Waals surface area contributed by atoms with Crippen molar-refractivity contribution in [2.75, 3.05) is 31.6 Å². The molecule has 5 nitrogen and oxygen atoms in total. The lowest BCUT2D eigenvalue weighted by atomic mass is 10.0. The summed E-state index contributed by atoms with van der Waals surface area (Å²) in [6.45, 7) is 3.02. The van der Waals surface area contributed by atoms with Crippen LogP contribution in [0.2, 0.25) is 0 Å². The molecule has 1 atom stereocenters. The Hall–Kier alpha value is -2.53. The molecule has 1 aliphatic rings. The molecule has 3 aromatic rings. The number of fused-ring (bicyclic) bond motifs is 1. The van der Waals surface area contributed by atoms with Gasteiger partial charge in [0.05, 0.1) is 18.0 Å². The molecule has 24 heavy (non-hydrogen) atoms. The van der Waals surface area contributed by atoms with Crippen molar-refractivity contribution in [3.63, 3.8) is 0 Å². The number of H-pyrrole nitrogens is 1. The van der Waals surface area contributed by atoms with E-state index in [2.05, 4.69) is 68.9 Å². The molecule has 0 spiro atoms. The summed E-state index contributed by atoms with van der Waals surface area (Å²) in [6.07, 6.45) is 1.04. The second kappa shape index (κ2) is 6.53. The third-order valence-electron chi connectivity index (χ3n) is 4.70. The van der Waals surface area contributed by atoms with Crippen molar-refractivity contribution in [2.45, 2.75) is 12.5 Å². The van der Waals surface area contributed by atoms with E-state index in [1.165, 1.54) is 11.3 Å². The number of rotatable bonds is 4. The number of hydrogen-bond donors (Lipinski definition) is 2. The number of ether oxygens (including phenoxy) is 1. The van der Waals surface area contributed by atoms with Gasteiger partial charge < -0.3 is 15.0 Å². The maximum atomic E-state index is 5.29. The lowest BCUT2D eigenvalue weighted by Crippen LogP contribution is -2.52. The van der Waals surface area contributed by atoms with E-state index in [4.69, 9.17) is 4.74 Å². The number of anilines is 1. The highest BCUT2D eigenvalue weighted by Gasteiger charge is 2.23. The number of nitrogens with zero attached hydrogens (tertiary/aromatic N) is 2. The summed E-state index contributed by atoms with van der Waals surface area (Å²) in [6, 6.07) is 17.6. The number of piperazine rings is 1. The monoisotopic (exact) mass is 322 g/mol. The van der Waals surface area contributed by atoms with Gasteiger partial charge in [-0.25, -0.2) is 0 Å². The summed E-state index contributed by atoms with van der Waals surface area (Å²) in [5, 5.41) is 11.8. The smallest absolute Gasteiger partial charge is 0.240 e. The van der Waals surface area contributed by atoms with E-state index in [-0.39, 0.29) is 0 Å². The van der Waals surface area contributed by atoms with Crippen LogP contribution in [-0.4, -0.2) is 43.0 Å². The van der Waals surface area contributed by atoms with Gasteiger partial charge in [0.25, 0.3) is 0 Å². The van der Waals surface area contributed by atoms with Gasteiger partial charge in [0.15, 0.2) is 0 Å². The van der Waals surface area contributed by atoms with Crippen molar-refractivity contribution in [3.8, 4) is 5.88 Å². The molecule has 0 radical (unpaired) electrons. The van der Waals surface area contributed by atoms with Crippen LogP contribution in [0.25, 0.3) is 10.9 Å². The Morgan fingerprint density at radius 2 is 2.08 bits per heavy atom. The zero-order valence-electron chi connectivity index (χ0n) is 13.8. The molecular weight excluding hydrogens is 300 g/mol. The maximum absolute atomic E-state index is 5.29. The molecule has 0 aliphatic carbocycles. The van der Waals surface area contributed by atoms with Crippen LogP contribution in [-0.2, 0) is 6.42 Å². The first-order chi connectivity index (χ1) is 11.8. The van der Waals surface area contributed by atoms with Crippen LogP contribution in [0, 0.1) is 0 Å². The minimum atomic E-state index is 0.448. The predicted octanol–water partition coefficient (Wildman–Crippen LogP) is 2.59. The average molecular weight is 322 g/mol. The standard InChI is InChI=1S/C19H22N4O/c1-24-19-17-8-7-15(12-18(17)21-22-19)23-10-9-20-13-16(23)11-14-5-3-2-4-6-14/h2-8,12,16,20H,9-11,13H2,1H3,(H,21,22)/t16-/m1/s1. The third-order valence-corrected chi connectivity index (χ3v) is 4.70. The van der Waals surface area contributed by atoms with E-state index in [1.807, 2.05) is 0 Å². The van der Waals surface area contributed by atoms with Crippen molar-refractivity contribution in [1.29, 1.82) is 0 Å². The van der Waals surface area contributed by atoms with Crippen LogP contribution in [0.5, 0.6) is 5.88 Å². The van der Waals surface area contributed by atoms with Gasteiger partial charge in [0.1, 0.15) is 0 Å². The quantitative estimate of drug-likeness (QED) is 0.775. The van der Waals surface area contributed by atoms with Crippen LogP contribution >= 0.6 is 0 Å². The van der Waals surface area contributed by atoms with E-state index in [1.54, 1.807) is 7.11 Å². The molecule has 1 saturated heterocycles. The Balaban J connectivity index is 1.62. The van der Waals surface area contributed by atoms with Crippen LogP contribution in [0.1, 0.15) is 5.56 Å². The predicted molar refractivity (Wildman–Crippen MR) is 96.8 cm³/mol. The van der Waals surface area contributed by atoms with Gasteiger partial charge in [0.2, 0.25) is 5.88 Å². The third kappa shape index (κ3) is 2.83. The molecule has 4 rings (SSSR count). The molecule has 0 bridgehead atoms. The van der Waals surface area contributed by atoms with Crippen LogP contribution in [0.15, 0.2) is 48.5 Å². The minimum absolute atomic E-state index is 0.448. The minimum Gasteiger partial charge on any atom is -0.480 e. The van der Waals surface area contributed by atoms with Gasteiger partial charge in [-0.3, -0.25) is 5.10 Å². The second-order valence-corrected chi connectivity index (χ2v) is 6.20. The van der Waals surface area contributed by atoms with Gasteiger partial charge in [-0.05, 0) is 30.2 Å². The Kier molecular flexibility index (Phi) is 4.09. The summed E-state index contributed by atoms with van der Waals surface area (Å²) >= 11 is 0. The fourth-order valence-corrected chi connectivity index (χ4v) is 3.49. The molecule has 0 saturated carbocycles. The van der Waals surface area contributed by atoms with Crippen molar-refractivity contribution >= 4 is 16.6 Å². The molecule has 0 unspecified atom stereocenters. The molecule has 2 aromatic carbocycles. The SMILES string of the molecule is COc1n[nH]c2cc(N3CCNC[C@H]3Cc3ccccc3)ccc12. The number of nitrogens with one attached hydrogen (secondary N) is 2. The lowest BCUT2D eigenvalue weighted by Gasteiger charge is -2.38. The molecule has 124 valence electrons. The molecule has 1 aromatic heterocycles. The maximum Gasteiger partial charge on any atom is 0.240 e. The number of methoxy groups -OCH3 is 1. The summed E-state index contributed by atoms with van der Waals surface area (Å²) < 4.78 is 5.29. The summed E-state index contributed by atoms with van der Waals surface area (Å²) in [5.41, 5.74) is 3.62. The summed E-state index contributed by atoms with van der Waals surface area (Å²) in [5.74, 6) is 0.651. The van der Waals surface area contributed by atoms with Gasteiger partial charge in [0, 0.05) is 31.4 Å². The van der Waals surface area contributed by atoms with Crippen molar-refractivity contribution in [2.24, 2.45) is 0 Å². The van der Waals surface area contributed by atoms with E-state index in [9.17, 15) is 0 Å². The lowest BCUT2D eigenvalue weighted by molar-refractivity contribution is 0.401. The average Bonchev–Trinajstić information content (AvgIpc) is 3.05. The van der Waals surface area contributed by atoms with E-state index in [0.717, 1.165) is 37.0 Å². The molecule has 1 aliphatic heterocycles. The molecule has 5 heteroatoms. The fourth-order valence-electron chi connectivity index (χ4n) is 3.49. The Morgan fingerprint density at radius 1 is 1.21 bits per heavy atom.